The molecule has 0 spiro atoms. The van der Waals surface area contributed by atoms with Crippen LogP contribution in [0.2, 0.25) is 0 Å². The van der Waals surface area contributed by atoms with Crippen molar-refractivity contribution in [2.75, 3.05) is 20.2 Å². The van der Waals surface area contributed by atoms with Gasteiger partial charge in [-0.05, 0) is 18.6 Å². The lowest BCUT2D eigenvalue weighted by atomic mass is 10.3. The van der Waals surface area contributed by atoms with Gasteiger partial charge in [-0.15, -0.1) is 0 Å². The van der Waals surface area contributed by atoms with E-state index < -0.39 is 10.0 Å². The van der Waals surface area contributed by atoms with Crippen LogP contribution < -0.4 is 9.47 Å². The molecule has 2 aromatic rings. The van der Waals surface area contributed by atoms with Gasteiger partial charge in [0.15, 0.2) is 0 Å². The lowest BCUT2D eigenvalue weighted by Crippen LogP contribution is -2.31. The fourth-order valence-corrected chi connectivity index (χ4v) is 4.41. The molecule has 0 aliphatic carbocycles. The van der Waals surface area contributed by atoms with Crippen LogP contribution in [0.15, 0.2) is 40.7 Å². The zero-order valence-corrected chi connectivity index (χ0v) is 13.6. The number of rotatable bonds is 5. The highest BCUT2D eigenvalue weighted by Gasteiger charge is 2.34. The summed E-state index contributed by atoms with van der Waals surface area (Å²) in [5.74, 6) is 0.524. The van der Waals surface area contributed by atoms with Crippen LogP contribution in [-0.4, -0.2) is 44.0 Å². The molecule has 1 aromatic heterocycles. The first kappa shape index (κ1) is 15.3. The lowest BCUT2D eigenvalue weighted by molar-refractivity contribution is 0.214. The number of aromatic nitrogens is 1. The van der Waals surface area contributed by atoms with Crippen molar-refractivity contribution in [2.24, 2.45) is 0 Å². The number of hydrogen-bond acceptors (Lipinski definition) is 6. The van der Waals surface area contributed by atoms with Crippen molar-refractivity contribution in [3.8, 4) is 10.9 Å². The van der Waals surface area contributed by atoms with E-state index in [4.69, 9.17) is 9.47 Å². The standard InChI is InChI=1S/C14H16N2O4S2/c1-19-11-3-2-4-13(9-11)22(17,18)16-7-5-12(10-16)20-14-15-6-8-21-14/h2-4,6,8-9,12H,5,7,10H2,1H3. The van der Waals surface area contributed by atoms with Gasteiger partial charge in [0.1, 0.15) is 11.9 Å². The number of sulfonamides is 1. The second kappa shape index (κ2) is 6.23. The Bertz CT molecular complexity index is 731. The Kier molecular flexibility index (Phi) is 4.32. The quantitative estimate of drug-likeness (QED) is 0.833. The molecule has 2 heterocycles. The third-order valence-electron chi connectivity index (χ3n) is 3.46. The highest BCUT2D eigenvalue weighted by Crippen LogP contribution is 2.26. The second-order valence-corrected chi connectivity index (χ2v) is 7.66. The number of hydrogen-bond donors (Lipinski definition) is 0. The average molecular weight is 340 g/mol. The summed E-state index contributed by atoms with van der Waals surface area (Å²) < 4.78 is 37.5. The molecular formula is C14H16N2O4S2. The van der Waals surface area contributed by atoms with Gasteiger partial charge in [-0.25, -0.2) is 13.4 Å². The first-order valence-electron chi connectivity index (χ1n) is 6.80. The largest absolute Gasteiger partial charge is 0.497 e. The van der Waals surface area contributed by atoms with E-state index >= 15 is 0 Å². The van der Waals surface area contributed by atoms with E-state index in [0.717, 1.165) is 0 Å². The summed E-state index contributed by atoms with van der Waals surface area (Å²) in [7, 11) is -2.01. The van der Waals surface area contributed by atoms with Crippen LogP contribution >= 0.6 is 11.3 Å². The predicted octanol–water partition coefficient (Wildman–Crippen LogP) is 1.99. The fraction of sp³-hybridized carbons (Fsp3) is 0.357. The molecule has 0 bridgehead atoms. The smallest absolute Gasteiger partial charge is 0.273 e. The maximum Gasteiger partial charge on any atom is 0.273 e. The maximum atomic E-state index is 12.7. The molecule has 3 rings (SSSR count). The molecule has 1 atom stereocenters. The lowest BCUT2D eigenvalue weighted by Gasteiger charge is -2.17. The molecule has 0 saturated carbocycles. The zero-order chi connectivity index (χ0) is 15.6. The summed E-state index contributed by atoms with van der Waals surface area (Å²) in [6.45, 7) is 0.773. The van der Waals surface area contributed by atoms with Gasteiger partial charge in [0.25, 0.3) is 5.19 Å². The van der Waals surface area contributed by atoms with Crippen molar-refractivity contribution in [3.05, 3.63) is 35.8 Å². The minimum atomic E-state index is -3.53. The Labute approximate surface area is 133 Å². The zero-order valence-electron chi connectivity index (χ0n) is 12.0. The van der Waals surface area contributed by atoms with Crippen LogP contribution in [-0.2, 0) is 10.0 Å². The van der Waals surface area contributed by atoms with E-state index in [1.807, 2.05) is 5.38 Å². The molecule has 1 aliphatic rings. The van der Waals surface area contributed by atoms with Crippen molar-refractivity contribution in [3.63, 3.8) is 0 Å². The van der Waals surface area contributed by atoms with E-state index in [-0.39, 0.29) is 11.0 Å². The molecule has 1 aliphatic heterocycles. The second-order valence-electron chi connectivity index (χ2n) is 4.87. The highest BCUT2D eigenvalue weighted by molar-refractivity contribution is 7.89. The van der Waals surface area contributed by atoms with Crippen LogP contribution in [0.25, 0.3) is 0 Å². The molecule has 1 unspecified atom stereocenters. The molecule has 118 valence electrons. The van der Waals surface area contributed by atoms with Crippen molar-refractivity contribution in [2.45, 2.75) is 17.4 Å². The van der Waals surface area contributed by atoms with Crippen LogP contribution in [0.5, 0.6) is 10.9 Å². The predicted molar refractivity (Wildman–Crippen MR) is 82.9 cm³/mol. The van der Waals surface area contributed by atoms with Crippen molar-refractivity contribution in [1.82, 2.24) is 9.29 Å². The molecule has 1 saturated heterocycles. The summed E-state index contributed by atoms with van der Waals surface area (Å²) in [4.78, 5) is 4.30. The molecule has 8 heteroatoms. The van der Waals surface area contributed by atoms with Gasteiger partial charge < -0.3 is 9.47 Å². The number of benzene rings is 1. The number of nitrogens with zero attached hydrogens (tertiary/aromatic N) is 2. The Morgan fingerprint density at radius 1 is 1.41 bits per heavy atom. The average Bonchev–Trinajstić information content (AvgIpc) is 3.20. The van der Waals surface area contributed by atoms with E-state index in [9.17, 15) is 8.42 Å². The van der Waals surface area contributed by atoms with Crippen molar-refractivity contribution in [1.29, 1.82) is 0 Å². The van der Waals surface area contributed by atoms with Crippen LogP contribution in [0.3, 0.4) is 0 Å². The summed E-state index contributed by atoms with van der Waals surface area (Å²) in [5.41, 5.74) is 0. The van der Waals surface area contributed by atoms with Gasteiger partial charge in [-0.1, -0.05) is 17.4 Å². The van der Waals surface area contributed by atoms with Gasteiger partial charge in [0.05, 0.1) is 18.6 Å². The third-order valence-corrected chi connectivity index (χ3v) is 5.99. The molecular weight excluding hydrogens is 324 g/mol. The molecule has 6 nitrogen and oxygen atoms in total. The minimum absolute atomic E-state index is 0.161. The Morgan fingerprint density at radius 2 is 2.27 bits per heavy atom. The SMILES string of the molecule is COc1cccc(S(=O)(=O)N2CCC(Oc3nccs3)C2)c1. The molecule has 0 amide bonds. The normalized spacial score (nSPS) is 19.2. The molecule has 1 aromatic carbocycles. The van der Waals surface area contributed by atoms with E-state index in [0.29, 0.717) is 30.5 Å². The Balaban J connectivity index is 1.73. The van der Waals surface area contributed by atoms with Crippen LogP contribution in [0.4, 0.5) is 0 Å². The van der Waals surface area contributed by atoms with Gasteiger partial charge in [0.2, 0.25) is 10.0 Å². The highest BCUT2D eigenvalue weighted by atomic mass is 32.2. The van der Waals surface area contributed by atoms with E-state index in [2.05, 4.69) is 4.98 Å². The van der Waals surface area contributed by atoms with E-state index in [1.54, 1.807) is 24.4 Å². The topological polar surface area (TPSA) is 68.7 Å². The third kappa shape index (κ3) is 3.08. The Morgan fingerprint density at radius 3 is 3.00 bits per heavy atom. The Hall–Kier alpha value is -1.64. The van der Waals surface area contributed by atoms with Crippen molar-refractivity contribution < 1.29 is 17.9 Å². The van der Waals surface area contributed by atoms with Crippen molar-refractivity contribution >= 4 is 21.4 Å². The molecule has 1 fully saturated rings. The first-order chi connectivity index (χ1) is 10.6. The minimum Gasteiger partial charge on any atom is -0.497 e. The summed E-state index contributed by atoms with van der Waals surface area (Å²) in [5, 5.41) is 2.40. The molecule has 0 N–H and O–H groups in total. The van der Waals surface area contributed by atoms with Crippen LogP contribution in [0.1, 0.15) is 6.42 Å². The summed E-state index contributed by atoms with van der Waals surface area (Å²) in [6, 6.07) is 6.50. The molecule has 22 heavy (non-hydrogen) atoms. The van der Waals surface area contributed by atoms with E-state index in [1.165, 1.54) is 28.8 Å². The number of ether oxygens (including phenoxy) is 2. The summed E-state index contributed by atoms with van der Waals surface area (Å²) in [6.07, 6.45) is 2.16. The summed E-state index contributed by atoms with van der Waals surface area (Å²) >= 11 is 1.40. The monoisotopic (exact) mass is 340 g/mol. The number of methoxy groups -OCH3 is 1. The van der Waals surface area contributed by atoms with Gasteiger partial charge >= 0.3 is 0 Å². The first-order valence-corrected chi connectivity index (χ1v) is 9.12. The maximum absolute atomic E-state index is 12.7. The van der Waals surface area contributed by atoms with Gasteiger partial charge in [-0.2, -0.15) is 4.31 Å². The number of thiazole rings is 1. The molecule has 0 radical (unpaired) electrons. The fourth-order valence-electron chi connectivity index (χ4n) is 2.33. The van der Waals surface area contributed by atoms with Crippen LogP contribution in [0, 0.1) is 0 Å². The van der Waals surface area contributed by atoms with Gasteiger partial charge in [0, 0.05) is 24.2 Å². The van der Waals surface area contributed by atoms with Gasteiger partial charge in [-0.3, -0.25) is 0 Å².